The van der Waals surface area contributed by atoms with Crippen molar-refractivity contribution in [2.75, 3.05) is 20.2 Å². The molecule has 8 heteroatoms. The second-order valence-electron chi connectivity index (χ2n) is 8.45. The van der Waals surface area contributed by atoms with Gasteiger partial charge in [-0.05, 0) is 35.8 Å². The van der Waals surface area contributed by atoms with E-state index in [1.807, 2.05) is 23.1 Å². The molecule has 164 valence electrons. The van der Waals surface area contributed by atoms with Crippen molar-refractivity contribution in [3.63, 3.8) is 0 Å². The minimum absolute atomic E-state index is 0.0717. The second-order valence-corrected chi connectivity index (χ2v) is 9.37. The lowest BCUT2D eigenvalue weighted by atomic mass is 9.92. The topological polar surface area (TPSA) is 73.5 Å². The quantitative estimate of drug-likeness (QED) is 0.610. The van der Waals surface area contributed by atoms with E-state index in [-0.39, 0.29) is 24.6 Å². The van der Waals surface area contributed by atoms with Gasteiger partial charge in [-0.2, -0.15) is 0 Å². The number of fused-ring (bicyclic) bond motifs is 1. The fourth-order valence-corrected chi connectivity index (χ4v) is 5.37. The molecule has 7 nitrogen and oxygen atoms in total. The first-order valence-corrected chi connectivity index (χ1v) is 11.4. The Morgan fingerprint density at radius 3 is 2.52 bits per heavy atom. The Kier molecular flexibility index (Phi) is 6.00. The Labute approximate surface area is 184 Å². The monoisotopic (exact) mass is 441 g/mol. The Morgan fingerprint density at radius 2 is 1.81 bits per heavy atom. The van der Waals surface area contributed by atoms with Crippen LogP contribution in [0.2, 0.25) is 0 Å². The summed E-state index contributed by atoms with van der Waals surface area (Å²) in [5.74, 6) is 1.39. The Hall–Kier alpha value is -2.87. The highest BCUT2D eigenvalue weighted by Gasteiger charge is 2.26. The van der Waals surface area contributed by atoms with Gasteiger partial charge in [0, 0.05) is 18.7 Å². The second kappa shape index (κ2) is 8.70. The highest BCUT2D eigenvalue weighted by Crippen LogP contribution is 2.22. The van der Waals surface area contributed by atoms with Crippen molar-refractivity contribution in [2.24, 2.45) is 11.8 Å². The van der Waals surface area contributed by atoms with Gasteiger partial charge in [0.25, 0.3) is 5.56 Å². The summed E-state index contributed by atoms with van der Waals surface area (Å²) in [5.41, 5.74) is 0.428. The van der Waals surface area contributed by atoms with Crippen LogP contribution in [0.3, 0.4) is 0 Å². The maximum atomic E-state index is 13.4. The van der Waals surface area contributed by atoms with Crippen LogP contribution in [0.5, 0.6) is 5.75 Å². The molecule has 0 saturated carbocycles. The number of benzene rings is 1. The minimum atomic E-state index is -0.478. The highest BCUT2D eigenvalue weighted by atomic mass is 32.1. The lowest BCUT2D eigenvalue weighted by molar-refractivity contribution is -0.134. The summed E-state index contributed by atoms with van der Waals surface area (Å²) in [6.07, 6.45) is 1.10. The largest absolute Gasteiger partial charge is 0.496 e. The molecular weight excluding hydrogens is 414 g/mol. The molecular formula is C23H27N3O4S. The fraction of sp³-hybridized carbons (Fsp3) is 0.435. The van der Waals surface area contributed by atoms with Crippen LogP contribution in [0.1, 0.15) is 25.8 Å². The molecule has 1 amide bonds. The average Bonchev–Trinajstić information content (AvgIpc) is 3.23. The third kappa shape index (κ3) is 4.17. The number of hydrogen-bond acceptors (Lipinski definition) is 5. The van der Waals surface area contributed by atoms with E-state index in [9.17, 15) is 14.4 Å². The third-order valence-corrected chi connectivity index (χ3v) is 6.76. The summed E-state index contributed by atoms with van der Waals surface area (Å²) in [4.78, 5) is 41.4. The van der Waals surface area contributed by atoms with E-state index >= 15 is 0 Å². The summed E-state index contributed by atoms with van der Waals surface area (Å²) in [5, 5.41) is 1.78. The van der Waals surface area contributed by atoms with Crippen molar-refractivity contribution in [3.05, 3.63) is 62.1 Å². The predicted octanol–water partition coefficient (Wildman–Crippen LogP) is 2.79. The molecule has 2 atom stereocenters. The number of para-hydroxylation sites is 1. The summed E-state index contributed by atoms with van der Waals surface area (Å²) in [6, 6.07) is 9.05. The molecule has 0 radical (unpaired) electrons. The fourth-order valence-electron chi connectivity index (χ4n) is 4.53. The van der Waals surface area contributed by atoms with Crippen LogP contribution in [0.15, 0.2) is 45.3 Å². The summed E-state index contributed by atoms with van der Waals surface area (Å²) >= 11 is 1.29. The first-order valence-electron chi connectivity index (χ1n) is 10.5. The molecule has 3 heterocycles. The Morgan fingerprint density at radius 1 is 1.10 bits per heavy atom. The standard InChI is InChI=1S/C23H27N3O4S/c1-15-10-16(2)12-24(11-15)20(27)14-25-18-8-9-31-21(18)22(28)26(23(25)29)13-17-6-4-5-7-19(17)30-3/h4-9,15-16H,10-14H2,1-3H3/t15-,16-/m1/s1. The third-order valence-electron chi connectivity index (χ3n) is 5.87. The molecule has 31 heavy (non-hydrogen) atoms. The predicted molar refractivity (Wildman–Crippen MR) is 122 cm³/mol. The van der Waals surface area contributed by atoms with E-state index in [0.717, 1.165) is 12.0 Å². The van der Waals surface area contributed by atoms with Gasteiger partial charge in [0.1, 0.15) is 17.0 Å². The van der Waals surface area contributed by atoms with Crippen LogP contribution in [-0.2, 0) is 17.9 Å². The molecule has 1 aromatic carbocycles. The van der Waals surface area contributed by atoms with Gasteiger partial charge in [-0.15, -0.1) is 11.3 Å². The molecule has 0 spiro atoms. The van der Waals surface area contributed by atoms with Gasteiger partial charge < -0.3 is 9.64 Å². The van der Waals surface area contributed by atoms with Crippen molar-refractivity contribution in [1.29, 1.82) is 0 Å². The van der Waals surface area contributed by atoms with Crippen molar-refractivity contribution in [3.8, 4) is 5.75 Å². The number of carbonyl (C=O) groups excluding carboxylic acids is 1. The van der Waals surface area contributed by atoms with Gasteiger partial charge in [0.15, 0.2) is 0 Å². The number of piperidine rings is 1. The van der Waals surface area contributed by atoms with Crippen LogP contribution in [0.4, 0.5) is 0 Å². The summed E-state index contributed by atoms with van der Waals surface area (Å²) in [6.45, 7) is 5.70. The van der Waals surface area contributed by atoms with E-state index < -0.39 is 5.69 Å². The lowest BCUT2D eigenvalue weighted by Crippen LogP contribution is -2.47. The van der Waals surface area contributed by atoms with Crippen LogP contribution >= 0.6 is 11.3 Å². The number of rotatable bonds is 5. The van der Waals surface area contributed by atoms with Crippen molar-refractivity contribution < 1.29 is 9.53 Å². The van der Waals surface area contributed by atoms with Crippen LogP contribution in [0, 0.1) is 11.8 Å². The van der Waals surface area contributed by atoms with Gasteiger partial charge in [-0.1, -0.05) is 32.0 Å². The van der Waals surface area contributed by atoms with Crippen LogP contribution in [0.25, 0.3) is 10.2 Å². The molecule has 4 rings (SSSR count). The Balaban J connectivity index is 1.74. The van der Waals surface area contributed by atoms with E-state index in [0.29, 0.717) is 40.9 Å². The molecule has 0 bridgehead atoms. The SMILES string of the molecule is COc1ccccc1Cn1c(=O)c2sccc2n(CC(=O)N2C[C@H](C)C[C@@H](C)C2)c1=O. The molecule has 1 aliphatic rings. The maximum absolute atomic E-state index is 13.4. The van der Waals surface area contributed by atoms with Crippen molar-refractivity contribution in [1.82, 2.24) is 14.0 Å². The number of carbonyl (C=O) groups is 1. The molecule has 1 aliphatic heterocycles. The van der Waals surface area contributed by atoms with Gasteiger partial charge >= 0.3 is 5.69 Å². The molecule has 0 unspecified atom stereocenters. The lowest BCUT2D eigenvalue weighted by Gasteiger charge is -2.35. The summed E-state index contributed by atoms with van der Waals surface area (Å²) in [7, 11) is 1.56. The smallest absolute Gasteiger partial charge is 0.332 e. The molecule has 2 aromatic heterocycles. The first-order chi connectivity index (χ1) is 14.9. The van der Waals surface area contributed by atoms with Gasteiger partial charge in [0.2, 0.25) is 5.91 Å². The van der Waals surface area contributed by atoms with Gasteiger partial charge in [-0.3, -0.25) is 18.7 Å². The molecule has 1 fully saturated rings. The zero-order valence-electron chi connectivity index (χ0n) is 18.0. The zero-order valence-corrected chi connectivity index (χ0v) is 18.9. The normalized spacial score (nSPS) is 19.0. The Bertz CT molecular complexity index is 1220. The number of thiophene rings is 1. The first kappa shape index (κ1) is 21.4. The van der Waals surface area contributed by atoms with E-state index in [1.165, 1.54) is 20.5 Å². The number of hydrogen-bond donors (Lipinski definition) is 0. The number of ether oxygens (including phenoxy) is 1. The molecule has 1 saturated heterocycles. The molecule has 3 aromatic rings. The number of methoxy groups -OCH3 is 1. The van der Waals surface area contributed by atoms with Crippen molar-refractivity contribution in [2.45, 2.75) is 33.4 Å². The molecule has 0 N–H and O–H groups in total. The number of amides is 1. The maximum Gasteiger partial charge on any atom is 0.332 e. The van der Waals surface area contributed by atoms with Gasteiger partial charge in [0.05, 0.1) is 19.2 Å². The zero-order chi connectivity index (χ0) is 22.1. The van der Waals surface area contributed by atoms with E-state index in [2.05, 4.69) is 13.8 Å². The van der Waals surface area contributed by atoms with Crippen molar-refractivity contribution >= 4 is 27.5 Å². The minimum Gasteiger partial charge on any atom is -0.496 e. The number of nitrogens with zero attached hydrogens (tertiary/aromatic N) is 3. The molecule has 0 aliphatic carbocycles. The highest BCUT2D eigenvalue weighted by molar-refractivity contribution is 7.17. The summed E-state index contributed by atoms with van der Waals surface area (Å²) < 4.78 is 8.50. The van der Waals surface area contributed by atoms with Crippen LogP contribution < -0.4 is 16.0 Å². The number of likely N-dealkylation sites (tertiary alicyclic amines) is 1. The van der Waals surface area contributed by atoms with E-state index in [4.69, 9.17) is 4.74 Å². The average molecular weight is 442 g/mol. The van der Waals surface area contributed by atoms with Gasteiger partial charge in [-0.25, -0.2) is 4.79 Å². The van der Waals surface area contributed by atoms with E-state index in [1.54, 1.807) is 24.6 Å². The van der Waals surface area contributed by atoms with Crippen LogP contribution in [-0.4, -0.2) is 40.1 Å². The number of aromatic nitrogens is 2.